The zero-order valence-electron chi connectivity index (χ0n) is 17.2. The van der Waals surface area contributed by atoms with E-state index in [1.54, 1.807) is 31.2 Å². The van der Waals surface area contributed by atoms with E-state index in [4.69, 9.17) is 21.1 Å². The average Bonchev–Trinajstić information content (AvgIpc) is 3.19. The van der Waals surface area contributed by atoms with Gasteiger partial charge in [0.05, 0.1) is 33.5 Å². The van der Waals surface area contributed by atoms with Crippen molar-refractivity contribution in [3.8, 4) is 11.5 Å². The molecule has 0 radical (unpaired) electrons. The first kappa shape index (κ1) is 21.7. The van der Waals surface area contributed by atoms with E-state index in [2.05, 4.69) is 15.7 Å². The van der Waals surface area contributed by atoms with E-state index < -0.39 is 0 Å². The van der Waals surface area contributed by atoms with Crippen LogP contribution in [0.2, 0.25) is 5.02 Å². The highest BCUT2D eigenvalue weighted by Crippen LogP contribution is 2.29. The fourth-order valence-corrected chi connectivity index (χ4v) is 3.27. The van der Waals surface area contributed by atoms with Gasteiger partial charge in [-0.15, -0.1) is 0 Å². The number of ether oxygens (including phenoxy) is 2. The summed E-state index contributed by atoms with van der Waals surface area (Å²) in [6.45, 7) is 2.55. The molecule has 1 atom stereocenters. The van der Waals surface area contributed by atoms with Crippen molar-refractivity contribution in [3.05, 3.63) is 70.9 Å². The number of amides is 1. The molecule has 0 aliphatic rings. The first-order chi connectivity index (χ1) is 14.5. The summed E-state index contributed by atoms with van der Waals surface area (Å²) < 4.78 is 12.4. The van der Waals surface area contributed by atoms with Gasteiger partial charge in [0.15, 0.2) is 0 Å². The van der Waals surface area contributed by atoms with Gasteiger partial charge in [-0.3, -0.25) is 4.79 Å². The van der Waals surface area contributed by atoms with E-state index in [0.717, 1.165) is 22.6 Å². The summed E-state index contributed by atoms with van der Waals surface area (Å²) in [6.07, 6.45) is 1.64. The molecular weight excluding hydrogens is 404 g/mol. The highest BCUT2D eigenvalue weighted by atomic mass is 35.5. The lowest BCUT2D eigenvalue weighted by molar-refractivity contribution is -0.115. The van der Waals surface area contributed by atoms with Gasteiger partial charge in [0.1, 0.15) is 17.3 Å². The molecule has 1 heterocycles. The lowest BCUT2D eigenvalue weighted by Crippen LogP contribution is -2.31. The summed E-state index contributed by atoms with van der Waals surface area (Å²) in [4.78, 5) is 12.5. The molecule has 2 aromatic carbocycles. The molecule has 0 aliphatic heterocycles. The molecule has 1 unspecified atom stereocenters. The van der Waals surface area contributed by atoms with E-state index >= 15 is 0 Å². The van der Waals surface area contributed by atoms with Crippen LogP contribution in [-0.2, 0) is 11.3 Å². The van der Waals surface area contributed by atoms with Gasteiger partial charge >= 0.3 is 0 Å². The monoisotopic (exact) mass is 428 g/mol. The van der Waals surface area contributed by atoms with E-state index in [-0.39, 0.29) is 18.5 Å². The maximum Gasteiger partial charge on any atom is 0.239 e. The molecule has 8 heteroatoms. The standard InChI is InChI=1S/C22H25ClN4O3/c1-15(18-12-17(29-2)8-9-20(18)30-3)24-13-22(28)26-21-10-11-25-27(21)14-16-6-4-5-7-19(16)23/h4-12,15,24H,13-14H2,1-3H3,(H,26,28). The quantitative estimate of drug-likeness (QED) is 0.540. The van der Waals surface area contributed by atoms with Crippen LogP contribution in [0.3, 0.4) is 0 Å². The van der Waals surface area contributed by atoms with Gasteiger partial charge in [-0.05, 0) is 36.8 Å². The first-order valence-corrected chi connectivity index (χ1v) is 9.90. The lowest BCUT2D eigenvalue weighted by Gasteiger charge is -2.18. The number of carbonyl (C=O) groups is 1. The molecule has 1 amide bonds. The summed E-state index contributed by atoms with van der Waals surface area (Å²) >= 11 is 6.23. The summed E-state index contributed by atoms with van der Waals surface area (Å²) in [6, 6.07) is 14.8. The highest BCUT2D eigenvalue weighted by Gasteiger charge is 2.15. The minimum atomic E-state index is -0.176. The van der Waals surface area contributed by atoms with Crippen LogP contribution in [0.25, 0.3) is 0 Å². The van der Waals surface area contributed by atoms with Gasteiger partial charge in [-0.2, -0.15) is 5.10 Å². The SMILES string of the molecule is COc1ccc(OC)c(C(C)NCC(=O)Nc2ccnn2Cc2ccccc2Cl)c1. The van der Waals surface area contributed by atoms with Crippen molar-refractivity contribution in [2.45, 2.75) is 19.5 Å². The Balaban J connectivity index is 1.61. The van der Waals surface area contributed by atoms with E-state index in [1.807, 2.05) is 49.4 Å². The Morgan fingerprint density at radius 1 is 1.17 bits per heavy atom. The minimum Gasteiger partial charge on any atom is -0.497 e. The fraction of sp³-hybridized carbons (Fsp3) is 0.273. The van der Waals surface area contributed by atoms with Gasteiger partial charge in [0.2, 0.25) is 5.91 Å². The summed E-state index contributed by atoms with van der Waals surface area (Å²) in [5.41, 5.74) is 1.84. The van der Waals surface area contributed by atoms with Crippen LogP contribution >= 0.6 is 11.6 Å². The van der Waals surface area contributed by atoms with Crippen LogP contribution in [0.1, 0.15) is 24.1 Å². The Hall–Kier alpha value is -3.03. The molecule has 3 aromatic rings. The molecule has 0 bridgehead atoms. The number of carbonyl (C=O) groups excluding carboxylic acids is 1. The summed E-state index contributed by atoms with van der Waals surface area (Å²) in [5, 5.41) is 11.0. The van der Waals surface area contributed by atoms with Gasteiger partial charge < -0.3 is 20.1 Å². The molecule has 0 aliphatic carbocycles. The van der Waals surface area contributed by atoms with Gasteiger partial charge in [0.25, 0.3) is 0 Å². The zero-order chi connectivity index (χ0) is 21.5. The number of anilines is 1. The van der Waals surface area contributed by atoms with Crippen molar-refractivity contribution in [3.63, 3.8) is 0 Å². The lowest BCUT2D eigenvalue weighted by atomic mass is 10.1. The highest BCUT2D eigenvalue weighted by molar-refractivity contribution is 6.31. The second kappa shape index (κ2) is 10.1. The number of rotatable bonds is 9. The van der Waals surface area contributed by atoms with Crippen LogP contribution < -0.4 is 20.1 Å². The second-order valence-electron chi connectivity index (χ2n) is 6.72. The predicted octanol–water partition coefficient (Wildman–Crippen LogP) is 3.89. The number of nitrogens with one attached hydrogen (secondary N) is 2. The largest absolute Gasteiger partial charge is 0.497 e. The third kappa shape index (κ3) is 5.31. The van der Waals surface area contributed by atoms with Crippen molar-refractivity contribution >= 4 is 23.3 Å². The first-order valence-electron chi connectivity index (χ1n) is 9.52. The Morgan fingerprint density at radius 2 is 1.97 bits per heavy atom. The number of halogens is 1. The second-order valence-corrected chi connectivity index (χ2v) is 7.13. The molecular formula is C22H25ClN4O3. The normalized spacial score (nSPS) is 11.7. The van der Waals surface area contributed by atoms with Crippen LogP contribution in [0, 0.1) is 0 Å². The molecule has 3 rings (SSSR count). The molecule has 0 saturated carbocycles. The topological polar surface area (TPSA) is 77.4 Å². The summed E-state index contributed by atoms with van der Waals surface area (Å²) in [5.74, 6) is 1.89. The smallest absolute Gasteiger partial charge is 0.239 e. The fourth-order valence-electron chi connectivity index (χ4n) is 3.07. The zero-order valence-corrected chi connectivity index (χ0v) is 17.9. The molecule has 0 fully saturated rings. The van der Waals surface area contributed by atoms with Crippen LogP contribution in [0.15, 0.2) is 54.7 Å². The van der Waals surface area contributed by atoms with Crippen molar-refractivity contribution in [2.75, 3.05) is 26.1 Å². The molecule has 1 aromatic heterocycles. The van der Waals surface area contributed by atoms with Gasteiger partial charge in [-0.1, -0.05) is 29.8 Å². The van der Waals surface area contributed by atoms with E-state index in [1.165, 1.54) is 0 Å². The summed E-state index contributed by atoms with van der Waals surface area (Å²) in [7, 11) is 3.23. The number of benzene rings is 2. The van der Waals surface area contributed by atoms with Crippen molar-refractivity contribution in [2.24, 2.45) is 0 Å². The number of methoxy groups -OCH3 is 2. The molecule has 158 valence electrons. The number of hydrogen-bond acceptors (Lipinski definition) is 5. The Bertz CT molecular complexity index is 1010. The average molecular weight is 429 g/mol. The Labute approximate surface area is 180 Å². The van der Waals surface area contributed by atoms with Gasteiger partial charge in [0, 0.05) is 22.7 Å². The van der Waals surface area contributed by atoms with E-state index in [9.17, 15) is 4.79 Å². The Morgan fingerprint density at radius 3 is 2.70 bits per heavy atom. The maximum absolute atomic E-state index is 12.5. The minimum absolute atomic E-state index is 0.117. The Kier molecular flexibility index (Phi) is 7.32. The molecule has 30 heavy (non-hydrogen) atoms. The number of hydrogen-bond donors (Lipinski definition) is 2. The molecule has 2 N–H and O–H groups in total. The number of aromatic nitrogens is 2. The predicted molar refractivity (Wildman–Crippen MR) is 117 cm³/mol. The molecule has 7 nitrogen and oxygen atoms in total. The third-order valence-corrected chi connectivity index (χ3v) is 5.10. The van der Waals surface area contributed by atoms with Crippen LogP contribution in [-0.4, -0.2) is 36.5 Å². The third-order valence-electron chi connectivity index (χ3n) is 4.73. The van der Waals surface area contributed by atoms with Gasteiger partial charge in [-0.25, -0.2) is 4.68 Å². The van der Waals surface area contributed by atoms with Crippen LogP contribution in [0.5, 0.6) is 11.5 Å². The van der Waals surface area contributed by atoms with E-state index in [0.29, 0.717) is 17.4 Å². The van der Waals surface area contributed by atoms with Crippen molar-refractivity contribution < 1.29 is 14.3 Å². The van der Waals surface area contributed by atoms with Crippen molar-refractivity contribution in [1.29, 1.82) is 0 Å². The number of nitrogens with zero attached hydrogens (tertiary/aromatic N) is 2. The van der Waals surface area contributed by atoms with Crippen molar-refractivity contribution in [1.82, 2.24) is 15.1 Å². The maximum atomic E-state index is 12.5. The molecule has 0 saturated heterocycles. The molecule has 0 spiro atoms. The van der Waals surface area contributed by atoms with Crippen LogP contribution in [0.4, 0.5) is 5.82 Å².